The molecule has 0 unspecified atom stereocenters. The second-order valence-corrected chi connectivity index (χ2v) is 3.91. The van der Waals surface area contributed by atoms with Gasteiger partial charge in [0.15, 0.2) is 0 Å². The number of hydrogen-bond donors (Lipinski definition) is 1. The molecule has 5 nitrogen and oxygen atoms in total. The van der Waals surface area contributed by atoms with Gasteiger partial charge in [-0.1, -0.05) is 30.3 Å². The summed E-state index contributed by atoms with van der Waals surface area (Å²) in [6.07, 6.45) is 0. The van der Waals surface area contributed by atoms with E-state index in [-0.39, 0.29) is 37.6 Å². The number of nitrogens with two attached hydrogens (primary N) is 1. The molecule has 0 spiro atoms. The van der Waals surface area contributed by atoms with E-state index in [1.807, 2.05) is 30.3 Å². The third-order valence-electron chi connectivity index (χ3n) is 2.66. The average Bonchev–Trinajstić information content (AvgIpc) is 2.35. The number of amides is 2. The summed E-state index contributed by atoms with van der Waals surface area (Å²) in [6.45, 7) is 0.103. The van der Waals surface area contributed by atoms with Crippen LogP contribution in [0.15, 0.2) is 30.3 Å². The van der Waals surface area contributed by atoms with E-state index in [9.17, 15) is 9.59 Å². The zero-order valence-corrected chi connectivity index (χ0v) is 9.33. The molecule has 1 fully saturated rings. The smallest absolute Gasteiger partial charge is 0.255 e. The van der Waals surface area contributed by atoms with Crippen LogP contribution >= 0.6 is 0 Å². The summed E-state index contributed by atoms with van der Waals surface area (Å²) in [4.78, 5) is 24.2. The van der Waals surface area contributed by atoms with Crippen molar-refractivity contribution in [1.29, 1.82) is 0 Å². The number of nitrogens with zero attached hydrogens (tertiary/aromatic N) is 1. The Morgan fingerprint density at radius 3 is 2.35 bits per heavy atom. The molecule has 1 heterocycles. The van der Waals surface area contributed by atoms with Gasteiger partial charge in [-0.2, -0.15) is 0 Å². The molecule has 2 N–H and O–H groups in total. The van der Waals surface area contributed by atoms with E-state index in [2.05, 4.69) is 0 Å². The van der Waals surface area contributed by atoms with Gasteiger partial charge in [0.1, 0.15) is 13.2 Å². The molecule has 1 aromatic rings. The molecule has 2 rings (SSSR count). The molecule has 0 aromatic heterocycles. The van der Waals surface area contributed by atoms with E-state index < -0.39 is 0 Å². The summed E-state index contributed by atoms with van der Waals surface area (Å²) < 4.78 is 4.83. The molecule has 90 valence electrons. The highest BCUT2D eigenvalue weighted by Gasteiger charge is 2.28. The van der Waals surface area contributed by atoms with E-state index in [0.717, 1.165) is 5.56 Å². The highest BCUT2D eigenvalue weighted by molar-refractivity contribution is 5.98. The molecule has 17 heavy (non-hydrogen) atoms. The number of rotatable bonds is 3. The minimum absolute atomic E-state index is 0.0484. The minimum Gasteiger partial charge on any atom is -0.362 e. The van der Waals surface area contributed by atoms with Crippen LogP contribution in [0.2, 0.25) is 0 Å². The topological polar surface area (TPSA) is 72.6 Å². The standard InChI is InChI=1S/C12H14N2O3/c13-10(9-4-2-1-3-5-9)6-14-11(15)7-17-8-12(14)16/h1-5,10H,6-8,13H2/t10-/m1/s1. The van der Waals surface area contributed by atoms with Crippen molar-refractivity contribution in [2.24, 2.45) is 5.73 Å². The number of carbonyl (C=O) groups is 2. The van der Waals surface area contributed by atoms with Gasteiger partial charge in [0.2, 0.25) is 0 Å². The van der Waals surface area contributed by atoms with Crippen molar-refractivity contribution in [2.45, 2.75) is 6.04 Å². The van der Waals surface area contributed by atoms with Gasteiger partial charge < -0.3 is 10.5 Å². The number of benzene rings is 1. The van der Waals surface area contributed by atoms with Gasteiger partial charge in [0, 0.05) is 12.6 Å². The largest absolute Gasteiger partial charge is 0.362 e. The fraction of sp³-hybridized carbons (Fsp3) is 0.333. The molecule has 1 aliphatic rings. The van der Waals surface area contributed by atoms with Crippen LogP contribution in [0.1, 0.15) is 11.6 Å². The molecule has 1 aliphatic heterocycles. The lowest BCUT2D eigenvalue weighted by atomic mass is 10.1. The van der Waals surface area contributed by atoms with Crippen LogP contribution in [0.4, 0.5) is 0 Å². The highest BCUT2D eigenvalue weighted by Crippen LogP contribution is 2.13. The van der Waals surface area contributed by atoms with Crippen molar-refractivity contribution in [3.05, 3.63) is 35.9 Å². The van der Waals surface area contributed by atoms with Crippen LogP contribution < -0.4 is 5.73 Å². The Hall–Kier alpha value is -1.72. The predicted octanol–water partition coefficient (Wildman–Crippen LogP) is 0.0718. The van der Waals surface area contributed by atoms with Crippen LogP contribution in [-0.2, 0) is 14.3 Å². The second kappa shape index (κ2) is 5.07. The van der Waals surface area contributed by atoms with Crippen molar-refractivity contribution in [1.82, 2.24) is 4.90 Å². The second-order valence-electron chi connectivity index (χ2n) is 3.91. The molecule has 0 radical (unpaired) electrons. The molecule has 1 atom stereocenters. The van der Waals surface area contributed by atoms with Crippen LogP contribution in [0, 0.1) is 0 Å². The van der Waals surface area contributed by atoms with Gasteiger partial charge in [0.05, 0.1) is 0 Å². The van der Waals surface area contributed by atoms with Gasteiger partial charge in [0.25, 0.3) is 11.8 Å². The van der Waals surface area contributed by atoms with Gasteiger partial charge in [-0.25, -0.2) is 0 Å². The molecule has 0 saturated carbocycles. The number of hydrogen-bond acceptors (Lipinski definition) is 4. The molecular weight excluding hydrogens is 220 g/mol. The Kier molecular flexibility index (Phi) is 3.51. The fourth-order valence-corrected chi connectivity index (χ4v) is 1.73. The molecule has 0 aliphatic carbocycles. The molecule has 2 amide bonds. The normalized spacial score (nSPS) is 18.3. The third-order valence-corrected chi connectivity index (χ3v) is 2.66. The Bertz CT molecular complexity index is 403. The Morgan fingerprint density at radius 2 is 1.76 bits per heavy atom. The van der Waals surface area contributed by atoms with Crippen molar-refractivity contribution in [3.63, 3.8) is 0 Å². The van der Waals surface area contributed by atoms with Gasteiger partial charge >= 0.3 is 0 Å². The van der Waals surface area contributed by atoms with Crippen LogP contribution in [0.25, 0.3) is 0 Å². The lowest BCUT2D eigenvalue weighted by molar-refractivity contribution is -0.158. The van der Waals surface area contributed by atoms with Crippen LogP contribution in [-0.4, -0.2) is 36.5 Å². The summed E-state index contributed by atoms with van der Waals surface area (Å²) in [5.74, 6) is -0.653. The quantitative estimate of drug-likeness (QED) is 0.751. The van der Waals surface area contributed by atoms with Crippen LogP contribution in [0.5, 0.6) is 0 Å². The molecule has 1 aromatic carbocycles. The summed E-state index contributed by atoms with van der Waals surface area (Å²) in [7, 11) is 0. The van der Waals surface area contributed by atoms with Crippen molar-refractivity contribution in [2.75, 3.05) is 19.8 Å². The van der Waals surface area contributed by atoms with E-state index in [0.29, 0.717) is 0 Å². The summed E-state index contributed by atoms with van der Waals surface area (Å²) in [5, 5.41) is 0. The Morgan fingerprint density at radius 1 is 1.18 bits per heavy atom. The highest BCUT2D eigenvalue weighted by atomic mass is 16.5. The first-order valence-electron chi connectivity index (χ1n) is 5.40. The zero-order chi connectivity index (χ0) is 12.3. The molecule has 5 heteroatoms. The van der Waals surface area contributed by atoms with E-state index >= 15 is 0 Å². The minimum atomic E-state index is -0.359. The molecule has 1 saturated heterocycles. The monoisotopic (exact) mass is 234 g/mol. The maximum Gasteiger partial charge on any atom is 0.255 e. The summed E-state index contributed by atoms with van der Waals surface area (Å²) in [6, 6.07) is 9.03. The Balaban J connectivity index is 2.05. The number of ether oxygens (including phenoxy) is 1. The predicted molar refractivity (Wildman–Crippen MR) is 60.9 cm³/mol. The maximum absolute atomic E-state index is 11.5. The average molecular weight is 234 g/mol. The third kappa shape index (κ3) is 2.69. The SMILES string of the molecule is N[C@H](CN1C(=O)COCC1=O)c1ccccc1. The summed E-state index contributed by atoms with van der Waals surface area (Å²) >= 11 is 0. The first kappa shape index (κ1) is 11.8. The van der Waals surface area contributed by atoms with E-state index in [1.165, 1.54) is 4.90 Å². The van der Waals surface area contributed by atoms with Gasteiger partial charge in [-0.3, -0.25) is 14.5 Å². The molecular formula is C12H14N2O3. The Labute approximate surface area is 99.2 Å². The zero-order valence-electron chi connectivity index (χ0n) is 9.33. The van der Waals surface area contributed by atoms with Crippen molar-refractivity contribution < 1.29 is 14.3 Å². The lowest BCUT2D eigenvalue weighted by Gasteiger charge is -2.27. The van der Waals surface area contributed by atoms with Crippen molar-refractivity contribution >= 4 is 11.8 Å². The maximum atomic E-state index is 11.5. The lowest BCUT2D eigenvalue weighted by Crippen LogP contribution is -2.48. The first-order chi connectivity index (χ1) is 8.18. The van der Waals surface area contributed by atoms with Gasteiger partial charge in [-0.05, 0) is 5.56 Å². The summed E-state index contributed by atoms with van der Waals surface area (Å²) in [5.41, 5.74) is 6.87. The number of carbonyl (C=O) groups excluding carboxylic acids is 2. The fourth-order valence-electron chi connectivity index (χ4n) is 1.73. The number of morpholine rings is 1. The van der Waals surface area contributed by atoms with E-state index in [1.54, 1.807) is 0 Å². The van der Waals surface area contributed by atoms with Crippen LogP contribution in [0.3, 0.4) is 0 Å². The van der Waals surface area contributed by atoms with E-state index in [4.69, 9.17) is 10.5 Å². The molecule has 0 bridgehead atoms. The van der Waals surface area contributed by atoms with Crippen molar-refractivity contribution in [3.8, 4) is 0 Å². The van der Waals surface area contributed by atoms with Gasteiger partial charge in [-0.15, -0.1) is 0 Å². The number of imide groups is 1. The first-order valence-corrected chi connectivity index (χ1v) is 5.40.